The van der Waals surface area contributed by atoms with Crippen LogP contribution in [0.2, 0.25) is 0 Å². The molecule has 1 unspecified atom stereocenters. The topological polar surface area (TPSA) is 18.8 Å². The molecule has 5 heteroatoms. The van der Waals surface area contributed by atoms with Crippen molar-refractivity contribution in [2.24, 2.45) is 5.10 Å². The van der Waals surface area contributed by atoms with E-state index >= 15 is 0 Å². The second-order valence-electron chi connectivity index (χ2n) is 2.36. The van der Waals surface area contributed by atoms with Crippen LogP contribution in [0.1, 0.15) is 13.8 Å². The van der Waals surface area contributed by atoms with Crippen LogP contribution in [0.4, 0.5) is 4.48 Å². The van der Waals surface area contributed by atoms with E-state index in [2.05, 4.69) is 5.10 Å². The van der Waals surface area contributed by atoms with Gasteiger partial charge in [0.05, 0.1) is 0 Å². The molecular weight excluding hydrogens is 157 g/mol. The molecule has 1 aliphatic rings. The quantitative estimate of drug-likeness (QED) is 0.332. The van der Waals surface area contributed by atoms with Crippen LogP contribution in [-0.2, 0) is 0 Å². The number of hydrogen-bond donors (Lipinski definition) is 0. The van der Waals surface area contributed by atoms with Gasteiger partial charge in [0, 0.05) is 6.04 Å². The number of hydrazone groups is 1. The molecule has 10 heavy (non-hydrogen) atoms. The molecule has 0 spiro atoms. The molecule has 1 heterocycles. The summed E-state index contributed by atoms with van der Waals surface area (Å²) in [6.07, 6.45) is 1.07. The molecule has 0 aromatic heterocycles. The summed E-state index contributed by atoms with van der Waals surface area (Å²) < 4.78 is 12.4. The van der Waals surface area contributed by atoms with Crippen LogP contribution in [0.25, 0.3) is 0 Å². The Labute approximate surface area is 64.0 Å². The van der Waals surface area contributed by atoms with Gasteiger partial charge in [-0.05, 0) is 13.8 Å². The Morgan fingerprint density at radius 2 is 2.30 bits per heavy atom. The van der Waals surface area contributed by atoms with Gasteiger partial charge in [-0.3, -0.25) is 5.01 Å². The number of alkyl halides is 1. The molecule has 1 atom stereocenters. The summed E-state index contributed by atoms with van der Waals surface area (Å²) in [6.45, 7) is 3.79. The van der Waals surface area contributed by atoms with Gasteiger partial charge in [0.15, 0.2) is 0 Å². The molecule has 0 saturated heterocycles. The lowest BCUT2D eigenvalue weighted by Gasteiger charge is -2.22. The standard InChI is InChI=1S/C5H9ClFN3/c1-4(2)10-5(6)9(7)3-8-10/h3-5H,1-2H3. The Morgan fingerprint density at radius 3 is 2.50 bits per heavy atom. The van der Waals surface area contributed by atoms with Crippen molar-refractivity contribution in [3.05, 3.63) is 0 Å². The summed E-state index contributed by atoms with van der Waals surface area (Å²) in [5.74, 6) is 0. The highest BCUT2D eigenvalue weighted by Crippen LogP contribution is 2.18. The molecule has 1 aliphatic heterocycles. The SMILES string of the molecule is CC(C)N1N=CN(F)C1Cl. The van der Waals surface area contributed by atoms with E-state index in [9.17, 15) is 4.48 Å². The van der Waals surface area contributed by atoms with E-state index in [0.717, 1.165) is 6.34 Å². The van der Waals surface area contributed by atoms with Gasteiger partial charge >= 0.3 is 0 Å². The zero-order valence-corrected chi connectivity index (χ0v) is 6.59. The summed E-state index contributed by atoms with van der Waals surface area (Å²) in [6, 6.07) is 0.125. The first-order chi connectivity index (χ1) is 4.63. The van der Waals surface area contributed by atoms with Gasteiger partial charge in [-0.1, -0.05) is 16.1 Å². The molecule has 0 aliphatic carbocycles. The third kappa shape index (κ3) is 1.16. The number of hydrogen-bond acceptors (Lipinski definition) is 3. The number of halogens is 2. The maximum absolute atomic E-state index is 12.4. The first-order valence-corrected chi connectivity index (χ1v) is 3.47. The Morgan fingerprint density at radius 1 is 1.70 bits per heavy atom. The molecule has 0 amide bonds. The Kier molecular flexibility index (Phi) is 1.99. The molecule has 1 rings (SSSR count). The largest absolute Gasteiger partial charge is 0.254 e. The molecule has 0 bridgehead atoms. The highest BCUT2D eigenvalue weighted by molar-refractivity contribution is 6.20. The van der Waals surface area contributed by atoms with E-state index in [4.69, 9.17) is 11.6 Å². The fourth-order valence-corrected chi connectivity index (χ4v) is 1.04. The van der Waals surface area contributed by atoms with E-state index < -0.39 is 5.62 Å². The molecule has 0 aromatic rings. The maximum Gasteiger partial charge on any atom is 0.224 e. The van der Waals surface area contributed by atoms with Crippen LogP contribution in [0, 0.1) is 0 Å². The average molecular weight is 166 g/mol. The first kappa shape index (κ1) is 7.60. The van der Waals surface area contributed by atoms with Crippen LogP contribution < -0.4 is 0 Å². The second kappa shape index (κ2) is 2.62. The fourth-order valence-electron chi connectivity index (χ4n) is 0.711. The van der Waals surface area contributed by atoms with E-state index in [-0.39, 0.29) is 6.04 Å². The van der Waals surface area contributed by atoms with Gasteiger partial charge in [-0.15, -0.1) is 0 Å². The van der Waals surface area contributed by atoms with Crippen molar-refractivity contribution in [3.63, 3.8) is 0 Å². The average Bonchev–Trinajstić information content (AvgIpc) is 2.14. The Balaban J connectivity index is 2.58. The van der Waals surface area contributed by atoms with Crippen LogP contribution in [-0.4, -0.2) is 28.1 Å². The number of nitrogens with zero attached hydrogens (tertiary/aromatic N) is 3. The monoisotopic (exact) mass is 165 g/mol. The van der Waals surface area contributed by atoms with E-state index in [1.165, 1.54) is 5.01 Å². The lowest BCUT2D eigenvalue weighted by Crippen LogP contribution is -2.34. The van der Waals surface area contributed by atoms with Crippen LogP contribution >= 0.6 is 11.6 Å². The van der Waals surface area contributed by atoms with Crippen molar-refractivity contribution < 1.29 is 4.48 Å². The Hall–Kier alpha value is -0.510. The minimum atomic E-state index is -0.778. The van der Waals surface area contributed by atoms with Crippen molar-refractivity contribution in [1.82, 2.24) is 10.1 Å². The highest BCUT2D eigenvalue weighted by atomic mass is 35.5. The van der Waals surface area contributed by atoms with Crippen molar-refractivity contribution in [3.8, 4) is 0 Å². The van der Waals surface area contributed by atoms with Crippen molar-refractivity contribution in [2.75, 3.05) is 0 Å². The first-order valence-electron chi connectivity index (χ1n) is 3.03. The molecule has 3 nitrogen and oxygen atoms in total. The normalized spacial score (nSPS) is 25.1. The highest BCUT2D eigenvalue weighted by Gasteiger charge is 2.27. The molecular formula is C5H9ClFN3. The summed E-state index contributed by atoms with van der Waals surface area (Å²) in [4.78, 5) is 0. The van der Waals surface area contributed by atoms with Gasteiger partial charge in [-0.25, -0.2) is 0 Å². The zero-order valence-electron chi connectivity index (χ0n) is 5.83. The molecule has 0 N–H and O–H groups in total. The van der Waals surface area contributed by atoms with Gasteiger partial charge < -0.3 is 0 Å². The van der Waals surface area contributed by atoms with Gasteiger partial charge in [-0.2, -0.15) is 10.2 Å². The molecule has 0 fully saturated rings. The third-order valence-corrected chi connectivity index (χ3v) is 1.63. The minimum absolute atomic E-state index is 0.125. The molecule has 58 valence electrons. The van der Waals surface area contributed by atoms with E-state index in [1.54, 1.807) is 0 Å². The van der Waals surface area contributed by atoms with Crippen LogP contribution in [0.3, 0.4) is 0 Å². The predicted molar refractivity (Wildman–Crippen MR) is 38.1 cm³/mol. The predicted octanol–water partition coefficient (Wildman–Crippen LogP) is 1.36. The number of rotatable bonds is 1. The van der Waals surface area contributed by atoms with Crippen molar-refractivity contribution >= 4 is 17.9 Å². The lowest BCUT2D eigenvalue weighted by atomic mass is 10.4. The minimum Gasteiger partial charge on any atom is -0.254 e. The van der Waals surface area contributed by atoms with Crippen molar-refractivity contribution in [2.45, 2.75) is 25.5 Å². The lowest BCUT2D eigenvalue weighted by molar-refractivity contribution is 0.0398. The van der Waals surface area contributed by atoms with Crippen molar-refractivity contribution in [1.29, 1.82) is 0 Å². The van der Waals surface area contributed by atoms with Gasteiger partial charge in [0.25, 0.3) is 0 Å². The summed E-state index contributed by atoms with van der Waals surface area (Å²) >= 11 is 5.58. The maximum atomic E-state index is 12.4. The summed E-state index contributed by atoms with van der Waals surface area (Å²) in [5.41, 5.74) is -0.778. The Bertz CT molecular complexity index is 150. The smallest absolute Gasteiger partial charge is 0.224 e. The summed E-state index contributed by atoms with van der Waals surface area (Å²) in [7, 11) is 0. The van der Waals surface area contributed by atoms with Crippen LogP contribution in [0.15, 0.2) is 5.10 Å². The van der Waals surface area contributed by atoms with Gasteiger partial charge in [0.1, 0.15) is 6.34 Å². The fraction of sp³-hybridized carbons (Fsp3) is 0.800. The molecule has 0 radical (unpaired) electrons. The van der Waals surface area contributed by atoms with Crippen LogP contribution in [0.5, 0.6) is 0 Å². The molecule has 0 aromatic carbocycles. The van der Waals surface area contributed by atoms with Gasteiger partial charge in [0.2, 0.25) is 5.62 Å². The zero-order chi connectivity index (χ0) is 7.72. The van der Waals surface area contributed by atoms with E-state index in [1.807, 2.05) is 13.8 Å². The summed E-state index contributed by atoms with van der Waals surface area (Å²) in [5, 5.41) is 5.56. The van der Waals surface area contributed by atoms with E-state index in [0.29, 0.717) is 5.12 Å². The molecule has 0 saturated carbocycles. The third-order valence-electron chi connectivity index (χ3n) is 1.25. The second-order valence-corrected chi connectivity index (χ2v) is 2.75.